The van der Waals surface area contributed by atoms with Gasteiger partial charge in [0, 0.05) is 11.1 Å². The highest BCUT2D eigenvalue weighted by Gasteiger charge is 2.54. The molecule has 2 aliphatic rings. The molecular weight excluding hydrogens is 472 g/mol. The number of rotatable bonds is 6. The third-order valence-corrected chi connectivity index (χ3v) is 6.75. The zero-order valence-corrected chi connectivity index (χ0v) is 20.0. The molecule has 1 aromatic rings. The summed E-state index contributed by atoms with van der Waals surface area (Å²) in [6.07, 6.45) is 0.858. The third-order valence-electron chi connectivity index (χ3n) is 4.65. The SMILES string of the molecule is C/C=C(/C(=O)N[C@@H]1C(=O)N2C(C(=O)O)=C(CO)CS[C@H]12)c1csc(NC(=O)OC(C)(C)C)n1. The predicted molar refractivity (Wildman–Crippen MR) is 122 cm³/mol. The molecular formula is C20H24N4O7S2. The highest BCUT2D eigenvalue weighted by atomic mass is 32.2. The quantitative estimate of drug-likeness (QED) is 0.339. The number of aromatic nitrogens is 1. The fourth-order valence-corrected chi connectivity index (χ4v) is 5.30. The molecule has 0 unspecified atom stereocenters. The van der Waals surface area contributed by atoms with E-state index in [1.807, 2.05) is 0 Å². The van der Waals surface area contributed by atoms with E-state index in [4.69, 9.17) is 4.74 Å². The maximum Gasteiger partial charge on any atom is 0.413 e. The first kappa shape index (κ1) is 24.7. The molecule has 1 aromatic heterocycles. The number of aliphatic hydroxyl groups excluding tert-OH is 1. The maximum atomic E-state index is 12.9. The Kier molecular flexibility index (Phi) is 7.14. The number of thiazole rings is 1. The summed E-state index contributed by atoms with van der Waals surface area (Å²) in [5, 5.41) is 25.2. The van der Waals surface area contributed by atoms with Crippen molar-refractivity contribution < 1.29 is 34.1 Å². The van der Waals surface area contributed by atoms with Crippen molar-refractivity contribution in [3.8, 4) is 0 Å². The Labute approximate surface area is 197 Å². The topological polar surface area (TPSA) is 158 Å². The summed E-state index contributed by atoms with van der Waals surface area (Å²) in [7, 11) is 0. The highest BCUT2D eigenvalue weighted by Crippen LogP contribution is 2.40. The lowest BCUT2D eigenvalue weighted by Gasteiger charge is -2.49. The minimum atomic E-state index is -1.30. The average molecular weight is 497 g/mol. The lowest BCUT2D eigenvalue weighted by atomic mass is 10.0. The molecule has 2 aliphatic heterocycles. The van der Waals surface area contributed by atoms with Gasteiger partial charge < -0.3 is 20.3 Å². The molecule has 1 fully saturated rings. The van der Waals surface area contributed by atoms with Crippen LogP contribution in [-0.2, 0) is 19.1 Å². The van der Waals surface area contributed by atoms with Gasteiger partial charge in [0.2, 0.25) is 0 Å². The van der Waals surface area contributed by atoms with Gasteiger partial charge in [0.15, 0.2) is 5.13 Å². The third kappa shape index (κ3) is 5.20. The molecule has 1 saturated heterocycles. The monoisotopic (exact) mass is 496 g/mol. The van der Waals surface area contributed by atoms with Gasteiger partial charge in [-0.1, -0.05) is 6.08 Å². The average Bonchev–Trinajstić information content (AvgIpc) is 3.17. The van der Waals surface area contributed by atoms with Crippen LogP contribution >= 0.6 is 23.1 Å². The molecule has 0 aliphatic carbocycles. The first-order chi connectivity index (χ1) is 15.5. The number of nitrogens with one attached hydrogen (secondary N) is 2. The molecule has 11 nitrogen and oxygen atoms in total. The van der Waals surface area contributed by atoms with Gasteiger partial charge in [-0.3, -0.25) is 19.8 Å². The summed E-state index contributed by atoms with van der Waals surface area (Å²) in [4.78, 5) is 54.3. The fourth-order valence-electron chi connectivity index (χ4n) is 3.26. The minimum Gasteiger partial charge on any atom is -0.477 e. The van der Waals surface area contributed by atoms with Crippen molar-refractivity contribution >= 4 is 57.7 Å². The van der Waals surface area contributed by atoms with Gasteiger partial charge in [0.05, 0.1) is 17.9 Å². The minimum absolute atomic E-state index is 0.195. The molecule has 0 saturated carbocycles. The van der Waals surface area contributed by atoms with Crippen molar-refractivity contribution in [1.29, 1.82) is 0 Å². The van der Waals surface area contributed by atoms with Crippen LogP contribution in [0.4, 0.5) is 9.93 Å². The Morgan fingerprint density at radius 2 is 2.06 bits per heavy atom. The normalized spacial score (nSPS) is 20.7. The van der Waals surface area contributed by atoms with Gasteiger partial charge in [-0.15, -0.1) is 23.1 Å². The largest absolute Gasteiger partial charge is 0.477 e. The molecule has 4 N–H and O–H groups in total. The van der Waals surface area contributed by atoms with Crippen molar-refractivity contribution in [2.45, 2.75) is 44.7 Å². The number of allylic oxidation sites excluding steroid dienone is 1. The number of aliphatic hydroxyl groups is 1. The number of hydrogen-bond acceptors (Lipinski definition) is 9. The van der Waals surface area contributed by atoms with Crippen LogP contribution in [0.25, 0.3) is 5.57 Å². The van der Waals surface area contributed by atoms with Crippen LogP contribution in [0, 0.1) is 0 Å². The number of thioether (sulfide) groups is 1. The Balaban J connectivity index is 1.68. The fraction of sp³-hybridized carbons (Fsp3) is 0.450. The second-order valence-corrected chi connectivity index (χ2v) is 10.1. The van der Waals surface area contributed by atoms with Crippen LogP contribution < -0.4 is 10.6 Å². The molecule has 13 heteroatoms. The van der Waals surface area contributed by atoms with Gasteiger partial charge in [0.25, 0.3) is 11.8 Å². The summed E-state index contributed by atoms with van der Waals surface area (Å²) in [6.45, 7) is 6.37. The molecule has 0 aromatic carbocycles. The zero-order chi connectivity index (χ0) is 24.5. The van der Waals surface area contributed by atoms with Gasteiger partial charge in [-0.2, -0.15) is 0 Å². The van der Waals surface area contributed by atoms with Crippen LogP contribution in [0.15, 0.2) is 22.7 Å². The number of fused-ring (bicyclic) bond motifs is 1. The van der Waals surface area contributed by atoms with Gasteiger partial charge in [-0.25, -0.2) is 14.6 Å². The molecule has 3 amide bonds. The van der Waals surface area contributed by atoms with E-state index in [0.717, 1.165) is 16.2 Å². The first-order valence-electron chi connectivity index (χ1n) is 9.90. The standard InChI is InChI=1S/C20H24N4O7S2/c1-5-10(11-8-33-18(21-11)23-19(30)31-20(2,3)4)14(26)22-12-15(27)24-13(17(28)29)9(6-25)7-32-16(12)24/h5,8,12,16,25H,6-7H2,1-4H3,(H,22,26)(H,28,29)(H,21,23,30)/b10-5+/t12-,16-/m1/s1. The van der Waals surface area contributed by atoms with Crippen LogP contribution in [-0.4, -0.2) is 73.4 Å². The van der Waals surface area contributed by atoms with E-state index in [0.29, 0.717) is 5.69 Å². The van der Waals surface area contributed by atoms with Gasteiger partial charge in [0.1, 0.15) is 22.7 Å². The van der Waals surface area contributed by atoms with Crippen LogP contribution in [0.1, 0.15) is 33.4 Å². The molecule has 3 heterocycles. The van der Waals surface area contributed by atoms with E-state index in [9.17, 15) is 29.4 Å². The van der Waals surface area contributed by atoms with Crippen LogP contribution in [0.5, 0.6) is 0 Å². The Bertz CT molecular complexity index is 1060. The Morgan fingerprint density at radius 3 is 2.64 bits per heavy atom. The van der Waals surface area contributed by atoms with Crippen molar-refractivity contribution in [3.05, 3.63) is 28.4 Å². The van der Waals surface area contributed by atoms with E-state index < -0.39 is 47.5 Å². The molecule has 3 rings (SSSR count). The lowest BCUT2D eigenvalue weighted by molar-refractivity contribution is -0.150. The molecule has 33 heavy (non-hydrogen) atoms. The van der Waals surface area contributed by atoms with Gasteiger partial charge >= 0.3 is 12.1 Å². The summed E-state index contributed by atoms with van der Waals surface area (Å²) >= 11 is 2.38. The van der Waals surface area contributed by atoms with E-state index in [2.05, 4.69) is 15.6 Å². The number of hydrogen-bond donors (Lipinski definition) is 4. The number of amides is 3. The number of carboxylic acids is 1. The molecule has 2 atom stereocenters. The number of carbonyl (C=O) groups is 4. The molecule has 0 radical (unpaired) electrons. The van der Waals surface area contributed by atoms with Crippen LogP contribution in [0.3, 0.4) is 0 Å². The summed E-state index contributed by atoms with van der Waals surface area (Å²) in [5.74, 6) is -2.19. The smallest absolute Gasteiger partial charge is 0.413 e. The van der Waals surface area contributed by atoms with E-state index in [-0.39, 0.29) is 27.7 Å². The number of carbonyl (C=O) groups excluding carboxylic acids is 3. The number of ether oxygens (including phenoxy) is 1. The van der Waals surface area contributed by atoms with Crippen LogP contribution in [0.2, 0.25) is 0 Å². The zero-order valence-electron chi connectivity index (χ0n) is 18.4. The highest BCUT2D eigenvalue weighted by molar-refractivity contribution is 8.00. The van der Waals surface area contributed by atoms with E-state index >= 15 is 0 Å². The second-order valence-electron chi connectivity index (χ2n) is 8.14. The number of β-lactam (4-membered cyclic amide) rings is 1. The van der Waals surface area contributed by atoms with E-state index in [1.165, 1.54) is 17.8 Å². The number of aliphatic carboxylic acids is 1. The maximum absolute atomic E-state index is 12.9. The Hall–Kier alpha value is -2.90. The van der Waals surface area contributed by atoms with Crippen molar-refractivity contribution in [3.63, 3.8) is 0 Å². The predicted octanol–water partition coefficient (Wildman–Crippen LogP) is 1.62. The summed E-state index contributed by atoms with van der Waals surface area (Å²) in [6, 6.07) is -0.912. The summed E-state index contributed by atoms with van der Waals surface area (Å²) < 4.78 is 5.18. The number of carboxylic acid groups (broad SMARTS) is 1. The number of anilines is 1. The second kappa shape index (κ2) is 9.53. The summed E-state index contributed by atoms with van der Waals surface area (Å²) in [5.41, 5.74) is -0.156. The van der Waals surface area contributed by atoms with Crippen molar-refractivity contribution in [2.75, 3.05) is 17.7 Å². The molecule has 178 valence electrons. The van der Waals surface area contributed by atoms with Crippen molar-refractivity contribution in [1.82, 2.24) is 15.2 Å². The molecule has 0 bridgehead atoms. The molecule has 0 spiro atoms. The Morgan fingerprint density at radius 1 is 1.36 bits per heavy atom. The van der Waals surface area contributed by atoms with Gasteiger partial charge in [-0.05, 0) is 33.3 Å². The van der Waals surface area contributed by atoms with E-state index in [1.54, 1.807) is 33.1 Å². The number of nitrogens with zero attached hydrogens (tertiary/aromatic N) is 2. The van der Waals surface area contributed by atoms with Crippen molar-refractivity contribution in [2.24, 2.45) is 0 Å². The first-order valence-corrected chi connectivity index (χ1v) is 11.8. The lowest BCUT2D eigenvalue weighted by Crippen LogP contribution is -2.70.